The van der Waals surface area contributed by atoms with Crippen LogP contribution in [0.5, 0.6) is 0 Å². The van der Waals surface area contributed by atoms with E-state index in [9.17, 15) is 14.4 Å². The molecule has 0 radical (unpaired) electrons. The molecule has 2 rings (SSSR count). The van der Waals surface area contributed by atoms with Gasteiger partial charge in [0.25, 0.3) is 0 Å². The van der Waals surface area contributed by atoms with Crippen LogP contribution in [0, 0.1) is 0 Å². The molecule has 2 aromatic rings. The molecule has 1 aromatic heterocycles. The van der Waals surface area contributed by atoms with Crippen molar-refractivity contribution in [1.29, 1.82) is 0 Å². The zero-order valence-electron chi connectivity index (χ0n) is 18.2. The van der Waals surface area contributed by atoms with Crippen molar-refractivity contribution in [2.45, 2.75) is 66.1 Å². The molecule has 0 aliphatic rings. The summed E-state index contributed by atoms with van der Waals surface area (Å²) in [6.45, 7) is 9.68. The van der Waals surface area contributed by atoms with E-state index in [1.165, 1.54) is 13.8 Å². The average molecular weight is 416 g/mol. The second-order valence-corrected chi connectivity index (χ2v) is 7.75. The fraction of sp³-hybridized carbons (Fsp3) is 0.476. The van der Waals surface area contributed by atoms with Gasteiger partial charge in [0.15, 0.2) is 0 Å². The Bertz CT molecular complexity index is 958. The topological polar surface area (TPSA) is 104 Å². The molecule has 1 heterocycles. The van der Waals surface area contributed by atoms with Crippen LogP contribution in [0.3, 0.4) is 0 Å². The fourth-order valence-electron chi connectivity index (χ4n) is 2.77. The molecule has 2 amide bonds. The molecular weight excluding hydrogens is 388 g/mol. The number of hydrogen-bond acceptors (Lipinski definition) is 7. The number of imide groups is 1. The van der Waals surface area contributed by atoms with E-state index in [2.05, 4.69) is 10.3 Å². The van der Waals surface area contributed by atoms with Crippen molar-refractivity contribution in [3.8, 4) is 0 Å². The fourth-order valence-corrected chi connectivity index (χ4v) is 2.77. The second-order valence-electron chi connectivity index (χ2n) is 7.75. The second kappa shape index (κ2) is 9.51. The summed E-state index contributed by atoms with van der Waals surface area (Å²) in [5.74, 6) is -1.07. The molecule has 9 heteroatoms. The van der Waals surface area contributed by atoms with Crippen LogP contribution in [0.2, 0.25) is 0 Å². The summed E-state index contributed by atoms with van der Waals surface area (Å²) in [4.78, 5) is 37.8. The zero-order valence-corrected chi connectivity index (χ0v) is 18.2. The van der Waals surface area contributed by atoms with E-state index in [0.29, 0.717) is 16.6 Å². The highest BCUT2D eigenvalue weighted by Gasteiger charge is 2.30. The Morgan fingerprint density at radius 1 is 1.23 bits per heavy atom. The van der Waals surface area contributed by atoms with Crippen molar-refractivity contribution in [1.82, 2.24) is 15.1 Å². The number of benzene rings is 1. The lowest BCUT2D eigenvalue weighted by Crippen LogP contribution is -2.47. The third-order valence-electron chi connectivity index (χ3n) is 3.90. The zero-order chi connectivity index (χ0) is 22.5. The lowest BCUT2D eigenvalue weighted by Gasteiger charge is -2.25. The summed E-state index contributed by atoms with van der Waals surface area (Å²) in [6.07, 6.45) is 3.80. The number of carbonyl (C=O) groups is 3. The van der Waals surface area contributed by atoms with Crippen molar-refractivity contribution in [3.05, 3.63) is 35.9 Å². The Morgan fingerprint density at radius 3 is 2.50 bits per heavy atom. The number of esters is 1. The largest absolute Gasteiger partial charge is 0.453 e. The van der Waals surface area contributed by atoms with Gasteiger partial charge in [-0.2, -0.15) is 0 Å². The molecule has 1 atom stereocenters. The third kappa shape index (κ3) is 5.65. The maximum atomic E-state index is 12.7. The van der Waals surface area contributed by atoms with Crippen LogP contribution in [0.4, 0.5) is 4.79 Å². The van der Waals surface area contributed by atoms with E-state index in [4.69, 9.17) is 9.47 Å². The Kier molecular flexibility index (Phi) is 7.31. The van der Waals surface area contributed by atoms with Crippen LogP contribution in [0.25, 0.3) is 11.0 Å². The molecular formula is C21H28N4O5. The summed E-state index contributed by atoms with van der Waals surface area (Å²) in [5, 5.41) is 8.83. The highest BCUT2D eigenvalue weighted by atomic mass is 16.6. The number of fused-ring (bicyclic) bond motifs is 1. The van der Waals surface area contributed by atoms with Crippen molar-refractivity contribution in [3.63, 3.8) is 0 Å². The first-order valence-electron chi connectivity index (χ1n) is 9.77. The SMILES string of the molecule is CCC/C=C/C(OC(C)=O)c1cccc2nnn(N(C(C)=O)C(=O)OC(C)(C)C)c12. The quantitative estimate of drug-likeness (QED) is 0.521. The summed E-state index contributed by atoms with van der Waals surface area (Å²) in [5.41, 5.74) is 0.525. The molecule has 0 bridgehead atoms. The maximum absolute atomic E-state index is 12.7. The Hall–Kier alpha value is -3.23. The minimum Gasteiger partial charge on any atom is -0.453 e. The predicted octanol–water partition coefficient (Wildman–Crippen LogP) is 3.81. The van der Waals surface area contributed by atoms with Crippen molar-refractivity contribution >= 4 is 29.0 Å². The molecule has 0 spiro atoms. The molecule has 162 valence electrons. The molecule has 0 aliphatic carbocycles. The third-order valence-corrected chi connectivity index (χ3v) is 3.90. The molecule has 9 nitrogen and oxygen atoms in total. The average Bonchev–Trinajstić information content (AvgIpc) is 3.03. The molecule has 1 unspecified atom stereocenters. The highest BCUT2D eigenvalue weighted by Crippen LogP contribution is 2.28. The van der Waals surface area contributed by atoms with Crippen molar-refractivity contribution < 1.29 is 23.9 Å². The predicted molar refractivity (Wildman–Crippen MR) is 111 cm³/mol. The molecule has 0 aliphatic heterocycles. The van der Waals surface area contributed by atoms with E-state index in [1.807, 2.05) is 13.0 Å². The van der Waals surface area contributed by atoms with E-state index >= 15 is 0 Å². The summed E-state index contributed by atoms with van der Waals surface area (Å²) >= 11 is 0. The van der Waals surface area contributed by atoms with Gasteiger partial charge in [-0.1, -0.05) is 31.6 Å². The van der Waals surface area contributed by atoms with Crippen LogP contribution in [0.15, 0.2) is 30.4 Å². The number of unbranched alkanes of at least 4 members (excludes halogenated alkanes) is 1. The van der Waals surface area contributed by atoms with E-state index in [0.717, 1.165) is 22.6 Å². The van der Waals surface area contributed by atoms with Gasteiger partial charge in [0.05, 0.1) is 0 Å². The summed E-state index contributed by atoms with van der Waals surface area (Å²) < 4.78 is 10.8. The number of carbonyl (C=O) groups excluding carboxylic acids is 3. The van der Waals surface area contributed by atoms with Gasteiger partial charge in [0.1, 0.15) is 22.7 Å². The van der Waals surface area contributed by atoms with Crippen LogP contribution < -0.4 is 5.01 Å². The Balaban J connectivity index is 2.63. The lowest BCUT2D eigenvalue weighted by atomic mass is 10.1. The molecule has 30 heavy (non-hydrogen) atoms. The van der Waals surface area contributed by atoms with Crippen LogP contribution >= 0.6 is 0 Å². The number of ether oxygens (including phenoxy) is 2. The Morgan fingerprint density at radius 2 is 1.93 bits per heavy atom. The number of allylic oxidation sites excluding steroid dienone is 1. The monoisotopic (exact) mass is 416 g/mol. The minimum atomic E-state index is -0.887. The van der Waals surface area contributed by atoms with Crippen LogP contribution in [0.1, 0.15) is 66.1 Å². The summed E-state index contributed by atoms with van der Waals surface area (Å²) in [7, 11) is 0. The normalized spacial score (nSPS) is 12.7. The van der Waals surface area contributed by atoms with Gasteiger partial charge in [-0.15, -0.1) is 14.9 Å². The van der Waals surface area contributed by atoms with E-state index in [1.54, 1.807) is 45.0 Å². The van der Waals surface area contributed by atoms with Crippen molar-refractivity contribution in [2.75, 3.05) is 5.01 Å². The van der Waals surface area contributed by atoms with Gasteiger partial charge in [-0.3, -0.25) is 9.59 Å². The molecule has 1 aromatic carbocycles. The van der Waals surface area contributed by atoms with Crippen LogP contribution in [-0.4, -0.2) is 38.7 Å². The Labute approximate surface area is 175 Å². The molecule has 0 saturated carbocycles. The van der Waals surface area contributed by atoms with Gasteiger partial charge in [0, 0.05) is 19.4 Å². The number of nitrogens with zero attached hydrogens (tertiary/aromatic N) is 4. The van der Waals surface area contributed by atoms with E-state index in [-0.39, 0.29) is 0 Å². The number of para-hydroxylation sites is 1. The first-order valence-corrected chi connectivity index (χ1v) is 9.77. The summed E-state index contributed by atoms with van der Waals surface area (Å²) in [6, 6.07) is 5.17. The first-order chi connectivity index (χ1) is 14.0. The number of hydrogen-bond donors (Lipinski definition) is 0. The first kappa shape index (κ1) is 23.1. The van der Waals surface area contributed by atoms with Gasteiger partial charge in [-0.25, -0.2) is 4.79 Å². The van der Waals surface area contributed by atoms with Gasteiger partial charge in [-0.05, 0) is 44.5 Å². The smallest absolute Gasteiger partial charge is 0.438 e. The molecule has 0 saturated heterocycles. The van der Waals surface area contributed by atoms with E-state index < -0.39 is 29.7 Å². The van der Waals surface area contributed by atoms with Gasteiger partial charge < -0.3 is 9.47 Å². The number of rotatable bonds is 6. The van der Waals surface area contributed by atoms with Crippen LogP contribution in [-0.2, 0) is 19.1 Å². The maximum Gasteiger partial charge on any atom is 0.438 e. The van der Waals surface area contributed by atoms with Crippen molar-refractivity contribution in [2.24, 2.45) is 0 Å². The van der Waals surface area contributed by atoms with Gasteiger partial charge >= 0.3 is 12.1 Å². The van der Waals surface area contributed by atoms with Gasteiger partial charge in [0.2, 0.25) is 5.91 Å². The molecule has 0 fully saturated rings. The minimum absolute atomic E-state index is 0.367. The lowest BCUT2D eigenvalue weighted by molar-refractivity contribution is -0.144. The molecule has 0 N–H and O–H groups in total. The highest BCUT2D eigenvalue weighted by molar-refractivity contribution is 6.05. The standard InChI is InChI=1S/C21H28N4O5/c1-7-8-9-13-18(29-15(3)27)16-11-10-12-17-19(16)25(23-22-17)24(14(2)26)20(28)30-21(4,5)6/h9-13,18H,7-8H2,1-6H3/b13-9+. The number of amides is 2. The number of aromatic nitrogens is 3.